The predicted octanol–water partition coefficient (Wildman–Crippen LogP) is 1.32. The summed E-state index contributed by atoms with van der Waals surface area (Å²) in [6.45, 7) is 5.52. The van der Waals surface area contributed by atoms with Crippen molar-refractivity contribution in [2.45, 2.75) is 58.0 Å². The number of unbranched alkanes of at least 4 members (excludes halogenated alkanes) is 1. The topological polar surface area (TPSA) is 58.6 Å². The number of nitrogens with zero attached hydrogens (tertiary/aromatic N) is 1. The molecule has 1 atom stereocenters. The number of nitrogens with one attached hydrogen (secondary N) is 1. The smallest absolute Gasteiger partial charge is 0.247 e. The number of hydrogen-bond acceptors (Lipinski definition) is 4. The Morgan fingerprint density at radius 3 is 2.58 bits per heavy atom. The van der Waals surface area contributed by atoms with Crippen molar-refractivity contribution < 1.29 is 14.3 Å². The molecule has 110 valence electrons. The van der Waals surface area contributed by atoms with E-state index in [2.05, 4.69) is 5.32 Å². The molecule has 1 aliphatic rings. The number of likely N-dealkylation sites (tertiary alicyclic amines) is 1. The Morgan fingerprint density at radius 1 is 1.32 bits per heavy atom. The first kappa shape index (κ1) is 16.1. The van der Waals surface area contributed by atoms with Gasteiger partial charge in [0.15, 0.2) is 0 Å². The van der Waals surface area contributed by atoms with Gasteiger partial charge in [-0.15, -0.1) is 0 Å². The molecule has 0 aromatic rings. The van der Waals surface area contributed by atoms with Gasteiger partial charge in [0.2, 0.25) is 11.8 Å². The van der Waals surface area contributed by atoms with E-state index < -0.39 is 0 Å². The lowest BCUT2D eigenvalue weighted by Gasteiger charge is -2.24. The number of carbonyl (C=O) groups is 2. The first-order valence-corrected chi connectivity index (χ1v) is 7.23. The van der Waals surface area contributed by atoms with Crippen LogP contribution < -0.4 is 5.32 Å². The van der Waals surface area contributed by atoms with Crippen molar-refractivity contribution in [3.8, 4) is 0 Å². The van der Waals surface area contributed by atoms with Crippen LogP contribution in [0.4, 0.5) is 0 Å². The minimum atomic E-state index is -0.323. The molecule has 0 radical (unpaired) electrons. The second-order valence-electron chi connectivity index (χ2n) is 4.98. The van der Waals surface area contributed by atoms with E-state index in [4.69, 9.17) is 4.74 Å². The maximum atomic E-state index is 12.2. The molecule has 0 aromatic heterocycles. The highest BCUT2D eigenvalue weighted by Gasteiger charge is 2.40. The molecule has 2 amide bonds. The lowest BCUT2D eigenvalue weighted by molar-refractivity contribution is -0.141. The molecule has 1 unspecified atom stereocenters. The Kier molecular flexibility index (Phi) is 7.02. The van der Waals surface area contributed by atoms with Crippen LogP contribution in [0.3, 0.4) is 0 Å². The van der Waals surface area contributed by atoms with Crippen molar-refractivity contribution in [3.05, 3.63) is 0 Å². The molecule has 5 nitrogen and oxygen atoms in total. The average molecular weight is 270 g/mol. The molecule has 1 rings (SSSR count). The van der Waals surface area contributed by atoms with Gasteiger partial charge in [-0.2, -0.15) is 0 Å². The molecule has 0 bridgehead atoms. The Labute approximate surface area is 115 Å². The third-order valence-corrected chi connectivity index (χ3v) is 3.66. The summed E-state index contributed by atoms with van der Waals surface area (Å²) >= 11 is 0. The predicted molar refractivity (Wildman–Crippen MR) is 73.7 cm³/mol. The van der Waals surface area contributed by atoms with Crippen molar-refractivity contribution in [1.29, 1.82) is 0 Å². The maximum absolute atomic E-state index is 12.2. The van der Waals surface area contributed by atoms with Gasteiger partial charge in [-0.3, -0.25) is 14.5 Å². The van der Waals surface area contributed by atoms with Crippen molar-refractivity contribution >= 4 is 11.8 Å². The fraction of sp³-hybridized carbons (Fsp3) is 0.857. The summed E-state index contributed by atoms with van der Waals surface area (Å²) in [6, 6.07) is -0.268. The largest absolute Gasteiger partial charge is 0.385 e. The highest BCUT2D eigenvalue weighted by atomic mass is 16.5. The van der Waals surface area contributed by atoms with E-state index in [1.54, 1.807) is 7.11 Å². The SMILES string of the molecule is CCC(CC)N1C(=O)CC(NCCCCOC)C1=O. The summed E-state index contributed by atoms with van der Waals surface area (Å²) in [6.07, 6.45) is 3.88. The fourth-order valence-corrected chi connectivity index (χ4v) is 2.50. The van der Waals surface area contributed by atoms with E-state index in [1.165, 1.54) is 4.90 Å². The molecule has 19 heavy (non-hydrogen) atoms. The molecule has 0 saturated carbocycles. The summed E-state index contributed by atoms with van der Waals surface area (Å²) in [7, 11) is 1.68. The zero-order valence-electron chi connectivity index (χ0n) is 12.3. The molecule has 5 heteroatoms. The zero-order valence-corrected chi connectivity index (χ0v) is 12.3. The van der Waals surface area contributed by atoms with Crippen LogP contribution in [0.15, 0.2) is 0 Å². The Bertz CT molecular complexity index is 303. The van der Waals surface area contributed by atoms with E-state index in [-0.39, 0.29) is 23.9 Å². The van der Waals surface area contributed by atoms with Crippen molar-refractivity contribution in [2.24, 2.45) is 0 Å². The number of imide groups is 1. The van der Waals surface area contributed by atoms with E-state index in [0.29, 0.717) is 6.42 Å². The molecular formula is C14H26N2O3. The summed E-state index contributed by atoms with van der Waals surface area (Å²) in [4.78, 5) is 25.6. The van der Waals surface area contributed by atoms with Crippen LogP contribution in [0.5, 0.6) is 0 Å². The Balaban J connectivity index is 2.42. The number of methoxy groups -OCH3 is 1. The van der Waals surface area contributed by atoms with Crippen molar-refractivity contribution in [1.82, 2.24) is 10.2 Å². The highest BCUT2D eigenvalue weighted by molar-refractivity contribution is 6.05. The third kappa shape index (κ3) is 4.28. The first-order valence-electron chi connectivity index (χ1n) is 7.23. The third-order valence-electron chi connectivity index (χ3n) is 3.66. The van der Waals surface area contributed by atoms with Crippen LogP contribution in [-0.4, -0.2) is 49.1 Å². The summed E-state index contributed by atoms with van der Waals surface area (Å²) in [5, 5.41) is 3.19. The second-order valence-corrected chi connectivity index (χ2v) is 4.98. The summed E-state index contributed by atoms with van der Waals surface area (Å²) in [5.41, 5.74) is 0. The summed E-state index contributed by atoms with van der Waals surface area (Å²) < 4.78 is 4.97. The van der Waals surface area contributed by atoms with Gasteiger partial charge in [0.1, 0.15) is 0 Å². The van der Waals surface area contributed by atoms with E-state index in [1.807, 2.05) is 13.8 Å². The standard InChI is InChI=1S/C14H26N2O3/c1-4-11(5-2)16-13(17)10-12(14(16)18)15-8-6-7-9-19-3/h11-12,15H,4-10H2,1-3H3. The minimum Gasteiger partial charge on any atom is -0.385 e. The van der Waals surface area contributed by atoms with Crippen LogP contribution in [0.25, 0.3) is 0 Å². The molecular weight excluding hydrogens is 244 g/mol. The van der Waals surface area contributed by atoms with Gasteiger partial charge < -0.3 is 10.1 Å². The van der Waals surface area contributed by atoms with Gasteiger partial charge in [-0.1, -0.05) is 13.8 Å². The van der Waals surface area contributed by atoms with E-state index in [0.717, 1.165) is 38.8 Å². The van der Waals surface area contributed by atoms with Crippen LogP contribution in [0.2, 0.25) is 0 Å². The van der Waals surface area contributed by atoms with Gasteiger partial charge in [-0.05, 0) is 32.2 Å². The zero-order chi connectivity index (χ0) is 14.3. The molecule has 0 aliphatic carbocycles. The van der Waals surface area contributed by atoms with E-state index >= 15 is 0 Å². The van der Waals surface area contributed by atoms with Gasteiger partial charge in [-0.25, -0.2) is 0 Å². The van der Waals surface area contributed by atoms with Crippen LogP contribution in [0.1, 0.15) is 46.0 Å². The molecule has 0 aromatic carbocycles. The lowest BCUT2D eigenvalue weighted by atomic mass is 10.1. The molecule has 0 spiro atoms. The maximum Gasteiger partial charge on any atom is 0.247 e. The Morgan fingerprint density at radius 2 is 2.00 bits per heavy atom. The van der Waals surface area contributed by atoms with E-state index in [9.17, 15) is 9.59 Å². The molecule has 1 saturated heterocycles. The number of hydrogen-bond donors (Lipinski definition) is 1. The minimum absolute atomic E-state index is 0.0342. The average Bonchev–Trinajstić information content (AvgIpc) is 2.68. The monoisotopic (exact) mass is 270 g/mol. The van der Waals surface area contributed by atoms with Gasteiger partial charge >= 0.3 is 0 Å². The summed E-state index contributed by atoms with van der Waals surface area (Å²) in [5.74, 6) is -0.0847. The first-order chi connectivity index (χ1) is 9.15. The van der Waals surface area contributed by atoms with Gasteiger partial charge in [0, 0.05) is 19.8 Å². The lowest BCUT2D eigenvalue weighted by Crippen LogP contribution is -2.43. The highest BCUT2D eigenvalue weighted by Crippen LogP contribution is 2.20. The van der Waals surface area contributed by atoms with Gasteiger partial charge in [0.05, 0.1) is 12.5 Å². The van der Waals surface area contributed by atoms with Crippen LogP contribution in [0, 0.1) is 0 Å². The van der Waals surface area contributed by atoms with Crippen LogP contribution in [-0.2, 0) is 14.3 Å². The molecule has 1 N–H and O–H groups in total. The molecule has 1 aliphatic heterocycles. The fourth-order valence-electron chi connectivity index (χ4n) is 2.50. The molecule has 1 heterocycles. The van der Waals surface area contributed by atoms with Gasteiger partial charge in [0.25, 0.3) is 0 Å². The Hall–Kier alpha value is -0.940. The van der Waals surface area contributed by atoms with Crippen LogP contribution >= 0.6 is 0 Å². The van der Waals surface area contributed by atoms with Crippen molar-refractivity contribution in [3.63, 3.8) is 0 Å². The normalized spacial score (nSPS) is 19.8. The second kappa shape index (κ2) is 8.27. The quantitative estimate of drug-likeness (QED) is 0.507. The van der Waals surface area contributed by atoms with Crippen molar-refractivity contribution in [2.75, 3.05) is 20.3 Å². The number of carbonyl (C=O) groups excluding carboxylic acids is 2. The number of amides is 2. The number of ether oxygens (including phenoxy) is 1. The number of rotatable bonds is 9. The molecule has 1 fully saturated rings.